The van der Waals surface area contributed by atoms with Crippen molar-refractivity contribution in [3.63, 3.8) is 0 Å². The second-order valence-corrected chi connectivity index (χ2v) is 8.40. The van der Waals surface area contributed by atoms with Crippen molar-refractivity contribution in [2.24, 2.45) is 5.92 Å². The van der Waals surface area contributed by atoms with Crippen LogP contribution in [0.1, 0.15) is 70.2 Å². The van der Waals surface area contributed by atoms with Gasteiger partial charge in [-0.2, -0.15) is 0 Å². The van der Waals surface area contributed by atoms with Crippen LogP contribution in [0, 0.1) is 5.92 Å². The Morgan fingerprint density at radius 1 is 1.19 bits per heavy atom. The lowest BCUT2D eigenvalue weighted by Gasteiger charge is -2.39. The number of amides is 1. The number of hydrogen-bond donors (Lipinski definition) is 2. The summed E-state index contributed by atoms with van der Waals surface area (Å²) in [5.74, 6) is 1.50. The molecule has 2 N–H and O–H groups in total. The number of carbonyl (C=O) groups excluding carboxylic acids is 1. The SMILES string of the molecule is C[C@@H](NC(=O)CC1CCN(C2CCCCC2)CC1)c1nc2ccccc2[nH]1. The van der Waals surface area contributed by atoms with E-state index in [9.17, 15) is 4.79 Å². The average Bonchev–Trinajstić information content (AvgIpc) is 3.14. The van der Waals surface area contributed by atoms with Crippen molar-refractivity contribution in [2.45, 2.75) is 70.4 Å². The Bertz CT molecular complexity index is 724. The van der Waals surface area contributed by atoms with Gasteiger partial charge in [-0.3, -0.25) is 4.79 Å². The molecular weight excluding hydrogens is 336 g/mol. The van der Waals surface area contributed by atoms with Crippen molar-refractivity contribution < 1.29 is 4.79 Å². The molecule has 2 aromatic rings. The van der Waals surface area contributed by atoms with Crippen LogP contribution in [0.15, 0.2) is 24.3 Å². The standard InChI is InChI=1S/C22H32N4O/c1-16(22-24-19-9-5-6-10-20(19)25-22)23-21(27)15-17-11-13-26(14-12-17)18-7-3-2-4-8-18/h5-6,9-10,16-18H,2-4,7-8,11-15H2,1H3,(H,23,27)(H,24,25)/t16-/m1/s1. The van der Waals surface area contributed by atoms with Gasteiger partial charge in [0.15, 0.2) is 0 Å². The zero-order chi connectivity index (χ0) is 18.6. The van der Waals surface area contributed by atoms with Crippen molar-refractivity contribution in [3.8, 4) is 0 Å². The largest absolute Gasteiger partial charge is 0.346 e. The first-order chi connectivity index (χ1) is 13.2. The number of piperidine rings is 1. The summed E-state index contributed by atoms with van der Waals surface area (Å²) < 4.78 is 0. The zero-order valence-electron chi connectivity index (χ0n) is 16.4. The molecule has 4 rings (SSSR count). The number of likely N-dealkylation sites (tertiary alicyclic amines) is 1. The van der Waals surface area contributed by atoms with Crippen LogP contribution >= 0.6 is 0 Å². The summed E-state index contributed by atoms with van der Waals surface area (Å²) in [5.41, 5.74) is 1.97. The van der Waals surface area contributed by atoms with Gasteiger partial charge in [-0.1, -0.05) is 31.4 Å². The number of nitrogens with zero attached hydrogens (tertiary/aromatic N) is 2. The highest BCUT2D eigenvalue weighted by atomic mass is 16.1. The molecule has 5 nitrogen and oxygen atoms in total. The minimum Gasteiger partial charge on any atom is -0.346 e. The van der Waals surface area contributed by atoms with Gasteiger partial charge in [0.25, 0.3) is 0 Å². The number of hydrogen-bond acceptors (Lipinski definition) is 3. The van der Waals surface area contributed by atoms with Gasteiger partial charge in [0.2, 0.25) is 5.91 Å². The van der Waals surface area contributed by atoms with Crippen LogP contribution < -0.4 is 5.32 Å². The third-order valence-electron chi connectivity index (χ3n) is 6.41. The number of carbonyl (C=O) groups is 1. The predicted molar refractivity (Wildman–Crippen MR) is 108 cm³/mol. The Kier molecular flexibility index (Phi) is 5.77. The second-order valence-electron chi connectivity index (χ2n) is 8.40. The maximum Gasteiger partial charge on any atom is 0.220 e. The number of aromatic nitrogens is 2. The third-order valence-corrected chi connectivity index (χ3v) is 6.41. The summed E-state index contributed by atoms with van der Waals surface area (Å²) in [5, 5.41) is 3.13. The lowest BCUT2D eigenvalue weighted by molar-refractivity contribution is -0.123. The molecule has 2 fully saturated rings. The maximum atomic E-state index is 12.5. The Morgan fingerprint density at radius 3 is 2.67 bits per heavy atom. The zero-order valence-corrected chi connectivity index (χ0v) is 16.4. The van der Waals surface area contributed by atoms with Gasteiger partial charge >= 0.3 is 0 Å². The molecule has 1 aliphatic carbocycles. The Morgan fingerprint density at radius 2 is 1.93 bits per heavy atom. The molecule has 1 saturated carbocycles. The first-order valence-electron chi connectivity index (χ1n) is 10.7. The number of para-hydroxylation sites is 2. The van der Waals surface area contributed by atoms with E-state index >= 15 is 0 Å². The second kappa shape index (κ2) is 8.42. The van der Waals surface area contributed by atoms with E-state index in [1.165, 1.54) is 45.2 Å². The molecule has 1 saturated heterocycles. The highest BCUT2D eigenvalue weighted by molar-refractivity contribution is 5.77. The normalized spacial score (nSPS) is 21.4. The van der Waals surface area contributed by atoms with E-state index in [1.54, 1.807) is 0 Å². The highest BCUT2D eigenvalue weighted by Gasteiger charge is 2.27. The minimum atomic E-state index is -0.0905. The molecular formula is C22H32N4O. The van der Waals surface area contributed by atoms with E-state index in [0.29, 0.717) is 12.3 Å². The Labute approximate surface area is 161 Å². The van der Waals surface area contributed by atoms with Gasteiger partial charge in [-0.05, 0) is 63.7 Å². The average molecular weight is 369 g/mol. The molecule has 1 aromatic heterocycles. The quantitative estimate of drug-likeness (QED) is 0.832. The Hall–Kier alpha value is -1.88. The van der Waals surface area contributed by atoms with Crippen LogP contribution in [0.4, 0.5) is 0 Å². The van der Waals surface area contributed by atoms with Crippen LogP contribution in [-0.4, -0.2) is 39.9 Å². The van der Waals surface area contributed by atoms with Gasteiger partial charge < -0.3 is 15.2 Å². The highest BCUT2D eigenvalue weighted by Crippen LogP contribution is 2.28. The van der Waals surface area contributed by atoms with E-state index in [2.05, 4.69) is 20.2 Å². The van der Waals surface area contributed by atoms with Crippen LogP contribution in [-0.2, 0) is 4.79 Å². The van der Waals surface area contributed by atoms with Gasteiger partial charge in [0, 0.05) is 12.5 Å². The van der Waals surface area contributed by atoms with E-state index < -0.39 is 0 Å². The topological polar surface area (TPSA) is 61.0 Å². The van der Waals surface area contributed by atoms with Crippen LogP contribution in [0.5, 0.6) is 0 Å². The molecule has 2 aliphatic rings. The first-order valence-corrected chi connectivity index (χ1v) is 10.7. The van der Waals surface area contributed by atoms with Gasteiger partial charge in [0.05, 0.1) is 17.1 Å². The number of imidazole rings is 1. The molecule has 5 heteroatoms. The Balaban J connectivity index is 1.24. The molecule has 0 spiro atoms. The molecule has 27 heavy (non-hydrogen) atoms. The molecule has 146 valence electrons. The fourth-order valence-corrected chi connectivity index (χ4v) is 4.78. The maximum absolute atomic E-state index is 12.5. The van der Waals surface area contributed by atoms with Crippen molar-refractivity contribution in [2.75, 3.05) is 13.1 Å². The van der Waals surface area contributed by atoms with Crippen LogP contribution in [0.25, 0.3) is 11.0 Å². The number of fused-ring (bicyclic) bond motifs is 1. The summed E-state index contributed by atoms with van der Waals surface area (Å²) in [6.07, 6.45) is 9.91. The summed E-state index contributed by atoms with van der Waals surface area (Å²) in [6.45, 7) is 4.34. The minimum absolute atomic E-state index is 0.0905. The van der Waals surface area contributed by atoms with Crippen molar-refractivity contribution >= 4 is 16.9 Å². The summed E-state index contributed by atoms with van der Waals surface area (Å²) in [4.78, 5) is 23.1. The number of aromatic amines is 1. The van der Waals surface area contributed by atoms with Crippen LogP contribution in [0.2, 0.25) is 0 Å². The first kappa shape index (κ1) is 18.5. The number of rotatable bonds is 5. The third kappa shape index (κ3) is 4.52. The van der Waals surface area contributed by atoms with E-state index in [4.69, 9.17) is 0 Å². The molecule has 1 aliphatic heterocycles. The van der Waals surface area contributed by atoms with Crippen molar-refractivity contribution in [1.29, 1.82) is 0 Å². The number of benzene rings is 1. The smallest absolute Gasteiger partial charge is 0.220 e. The summed E-state index contributed by atoms with van der Waals surface area (Å²) in [6, 6.07) is 8.70. The molecule has 0 radical (unpaired) electrons. The lowest BCUT2D eigenvalue weighted by Crippen LogP contribution is -2.43. The number of nitrogens with one attached hydrogen (secondary N) is 2. The van der Waals surface area contributed by atoms with Gasteiger partial charge in [0.1, 0.15) is 5.82 Å². The lowest BCUT2D eigenvalue weighted by atomic mass is 9.88. The molecule has 1 amide bonds. The summed E-state index contributed by atoms with van der Waals surface area (Å²) >= 11 is 0. The molecule has 1 atom stereocenters. The van der Waals surface area contributed by atoms with Gasteiger partial charge in [-0.25, -0.2) is 4.98 Å². The fraction of sp³-hybridized carbons (Fsp3) is 0.636. The van der Waals surface area contributed by atoms with Crippen molar-refractivity contribution in [1.82, 2.24) is 20.2 Å². The van der Waals surface area contributed by atoms with Crippen LogP contribution in [0.3, 0.4) is 0 Å². The monoisotopic (exact) mass is 368 g/mol. The van der Waals surface area contributed by atoms with E-state index in [1.807, 2.05) is 31.2 Å². The van der Waals surface area contributed by atoms with E-state index in [0.717, 1.165) is 35.7 Å². The molecule has 0 bridgehead atoms. The summed E-state index contributed by atoms with van der Waals surface area (Å²) in [7, 11) is 0. The fourth-order valence-electron chi connectivity index (χ4n) is 4.78. The predicted octanol–water partition coefficient (Wildman–Crippen LogP) is 4.17. The molecule has 2 heterocycles. The number of H-pyrrole nitrogens is 1. The van der Waals surface area contributed by atoms with Crippen molar-refractivity contribution in [3.05, 3.63) is 30.1 Å². The van der Waals surface area contributed by atoms with E-state index in [-0.39, 0.29) is 11.9 Å². The molecule has 0 unspecified atom stereocenters. The van der Waals surface area contributed by atoms with Gasteiger partial charge in [-0.15, -0.1) is 0 Å². The molecule has 1 aromatic carbocycles.